The van der Waals surface area contributed by atoms with Crippen molar-refractivity contribution in [2.75, 3.05) is 24.5 Å². The van der Waals surface area contributed by atoms with Crippen LogP contribution in [0.5, 0.6) is 0 Å². The van der Waals surface area contributed by atoms with Gasteiger partial charge < -0.3 is 10.2 Å². The molecule has 21 heavy (non-hydrogen) atoms. The van der Waals surface area contributed by atoms with Gasteiger partial charge in [-0.25, -0.2) is 0 Å². The van der Waals surface area contributed by atoms with E-state index in [1.807, 2.05) is 0 Å². The highest BCUT2D eigenvalue weighted by atomic mass is 15.3. The topological polar surface area (TPSA) is 41.0 Å². The molecular formula is C17H32N4. The Hall–Kier alpha value is -1.16. The lowest BCUT2D eigenvalue weighted by molar-refractivity contribution is 0.483. The van der Waals surface area contributed by atoms with Crippen LogP contribution in [0.4, 0.5) is 5.82 Å². The number of aromatic nitrogens is 2. The Morgan fingerprint density at radius 3 is 2.29 bits per heavy atom. The molecule has 0 aliphatic rings. The van der Waals surface area contributed by atoms with Crippen LogP contribution in [0, 0.1) is 11.8 Å². The molecule has 1 rings (SSSR count). The Kier molecular flexibility index (Phi) is 8.28. The van der Waals surface area contributed by atoms with Gasteiger partial charge in [-0.2, -0.15) is 5.10 Å². The van der Waals surface area contributed by atoms with Gasteiger partial charge >= 0.3 is 0 Å². The average molecular weight is 292 g/mol. The second-order valence-corrected chi connectivity index (χ2v) is 6.13. The van der Waals surface area contributed by atoms with Crippen LogP contribution in [0.1, 0.15) is 53.2 Å². The smallest absolute Gasteiger partial charge is 0.151 e. The molecule has 0 bridgehead atoms. The van der Waals surface area contributed by atoms with Gasteiger partial charge in [0.25, 0.3) is 0 Å². The van der Waals surface area contributed by atoms with Crippen LogP contribution in [0.25, 0.3) is 0 Å². The molecule has 1 heterocycles. The molecule has 120 valence electrons. The van der Waals surface area contributed by atoms with Gasteiger partial charge in [0.1, 0.15) is 0 Å². The molecule has 0 unspecified atom stereocenters. The summed E-state index contributed by atoms with van der Waals surface area (Å²) in [7, 11) is 0. The average Bonchev–Trinajstić information content (AvgIpc) is 2.49. The Labute approximate surface area is 130 Å². The number of nitrogens with zero attached hydrogens (tertiary/aromatic N) is 3. The van der Waals surface area contributed by atoms with Crippen LogP contribution in [0.3, 0.4) is 0 Å². The van der Waals surface area contributed by atoms with E-state index >= 15 is 0 Å². The quantitative estimate of drug-likeness (QED) is 0.717. The highest BCUT2D eigenvalue weighted by molar-refractivity contribution is 5.37. The molecule has 0 aliphatic heterocycles. The largest absolute Gasteiger partial charge is 0.355 e. The van der Waals surface area contributed by atoms with E-state index in [0.717, 1.165) is 43.6 Å². The van der Waals surface area contributed by atoms with Gasteiger partial charge in [0.2, 0.25) is 0 Å². The van der Waals surface area contributed by atoms with Crippen molar-refractivity contribution in [1.82, 2.24) is 15.5 Å². The maximum absolute atomic E-state index is 4.41. The molecule has 1 aromatic heterocycles. The van der Waals surface area contributed by atoms with Crippen molar-refractivity contribution in [3.05, 3.63) is 17.8 Å². The van der Waals surface area contributed by atoms with E-state index in [4.69, 9.17) is 0 Å². The molecule has 0 atom stereocenters. The summed E-state index contributed by atoms with van der Waals surface area (Å²) in [6.45, 7) is 15.0. The van der Waals surface area contributed by atoms with Crippen LogP contribution in [-0.4, -0.2) is 29.8 Å². The summed E-state index contributed by atoms with van der Waals surface area (Å²) in [4.78, 5) is 2.33. The first-order valence-corrected chi connectivity index (χ1v) is 8.38. The van der Waals surface area contributed by atoms with Crippen molar-refractivity contribution >= 4 is 5.82 Å². The predicted octanol–water partition coefficient (Wildman–Crippen LogP) is 3.48. The summed E-state index contributed by atoms with van der Waals surface area (Å²) in [6.07, 6.45) is 2.44. The molecular weight excluding hydrogens is 260 g/mol. The molecule has 0 aromatic carbocycles. The molecule has 0 saturated heterocycles. The van der Waals surface area contributed by atoms with E-state index in [1.165, 1.54) is 12.8 Å². The SMILES string of the molecule is CCC(CC)CN(CC)c1ccc(CNCC(C)C)nn1. The third-order valence-electron chi connectivity index (χ3n) is 3.90. The first kappa shape index (κ1) is 17.9. The number of rotatable bonds is 10. The first-order valence-electron chi connectivity index (χ1n) is 8.38. The van der Waals surface area contributed by atoms with Crippen molar-refractivity contribution < 1.29 is 0 Å². The second kappa shape index (κ2) is 9.72. The summed E-state index contributed by atoms with van der Waals surface area (Å²) in [5, 5.41) is 12.2. The molecule has 0 aliphatic carbocycles. The van der Waals surface area contributed by atoms with Crippen molar-refractivity contribution in [2.45, 2.75) is 54.0 Å². The fourth-order valence-corrected chi connectivity index (χ4v) is 2.35. The lowest BCUT2D eigenvalue weighted by Gasteiger charge is -2.26. The fourth-order valence-electron chi connectivity index (χ4n) is 2.35. The number of hydrogen-bond acceptors (Lipinski definition) is 4. The number of nitrogens with one attached hydrogen (secondary N) is 1. The highest BCUT2D eigenvalue weighted by Gasteiger charge is 2.12. The molecule has 0 saturated carbocycles. The van der Waals surface area contributed by atoms with Gasteiger partial charge in [-0.05, 0) is 37.4 Å². The summed E-state index contributed by atoms with van der Waals surface area (Å²) in [5.41, 5.74) is 1.01. The van der Waals surface area contributed by atoms with E-state index in [1.54, 1.807) is 0 Å². The van der Waals surface area contributed by atoms with Crippen molar-refractivity contribution in [2.24, 2.45) is 11.8 Å². The van der Waals surface area contributed by atoms with Crippen molar-refractivity contribution in [1.29, 1.82) is 0 Å². The normalized spacial score (nSPS) is 11.4. The van der Waals surface area contributed by atoms with Crippen LogP contribution in [0.15, 0.2) is 12.1 Å². The summed E-state index contributed by atoms with van der Waals surface area (Å²) < 4.78 is 0. The Bertz CT molecular complexity index is 371. The predicted molar refractivity (Wildman–Crippen MR) is 90.5 cm³/mol. The Balaban J connectivity index is 2.57. The molecule has 0 amide bonds. The minimum Gasteiger partial charge on any atom is -0.355 e. The molecule has 0 radical (unpaired) electrons. The minimum atomic E-state index is 0.660. The van der Waals surface area contributed by atoms with Crippen molar-refractivity contribution in [3.8, 4) is 0 Å². The van der Waals surface area contributed by atoms with E-state index in [0.29, 0.717) is 5.92 Å². The monoisotopic (exact) mass is 292 g/mol. The zero-order valence-corrected chi connectivity index (χ0v) is 14.4. The van der Waals surface area contributed by atoms with Gasteiger partial charge in [-0.1, -0.05) is 40.5 Å². The van der Waals surface area contributed by atoms with E-state index in [2.05, 4.69) is 67.2 Å². The van der Waals surface area contributed by atoms with E-state index in [9.17, 15) is 0 Å². The van der Waals surface area contributed by atoms with E-state index < -0.39 is 0 Å². The van der Waals surface area contributed by atoms with Crippen LogP contribution in [-0.2, 0) is 6.54 Å². The van der Waals surface area contributed by atoms with Crippen molar-refractivity contribution in [3.63, 3.8) is 0 Å². The maximum Gasteiger partial charge on any atom is 0.151 e. The van der Waals surface area contributed by atoms with Gasteiger partial charge in [-0.3, -0.25) is 0 Å². The zero-order valence-electron chi connectivity index (χ0n) is 14.4. The molecule has 1 N–H and O–H groups in total. The van der Waals surface area contributed by atoms with Crippen LogP contribution >= 0.6 is 0 Å². The molecule has 1 aromatic rings. The summed E-state index contributed by atoms with van der Waals surface area (Å²) >= 11 is 0. The third kappa shape index (κ3) is 6.42. The van der Waals surface area contributed by atoms with E-state index in [-0.39, 0.29) is 0 Å². The highest BCUT2D eigenvalue weighted by Crippen LogP contribution is 2.15. The molecule has 4 nitrogen and oxygen atoms in total. The lowest BCUT2D eigenvalue weighted by atomic mass is 10.0. The second-order valence-electron chi connectivity index (χ2n) is 6.13. The Morgan fingerprint density at radius 2 is 1.81 bits per heavy atom. The lowest BCUT2D eigenvalue weighted by Crippen LogP contribution is -2.30. The van der Waals surface area contributed by atoms with Gasteiger partial charge in [-0.15, -0.1) is 5.10 Å². The Morgan fingerprint density at radius 1 is 1.10 bits per heavy atom. The van der Waals surface area contributed by atoms with Gasteiger partial charge in [0, 0.05) is 19.6 Å². The minimum absolute atomic E-state index is 0.660. The number of anilines is 1. The standard InChI is InChI=1S/C17H32N4/c1-6-15(7-2)13-21(8-3)17-10-9-16(19-20-17)12-18-11-14(4)5/h9-10,14-15,18H,6-8,11-13H2,1-5H3. The fraction of sp³-hybridized carbons (Fsp3) is 0.765. The third-order valence-corrected chi connectivity index (χ3v) is 3.90. The molecule has 0 fully saturated rings. The van der Waals surface area contributed by atoms with Crippen LogP contribution in [0.2, 0.25) is 0 Å². The maximum atomic E-state index is 4.41. The molecule has 4 heteroatoms. The summed E-state index contributed by atoms with van der Waals surface area (Å²) in [6, 6.07) is 4.19. The zero-order chi connectivity index (χ0) is 15.7. The van der Waals surface area contributed by atoms with Crippen LogP contribution < -0.4 is 10.2 Å². The van der Waals surface area contributed by atoms with Gasteiger partial charge in [0.15, 0.2) is 5.82 Å². The molecule has 0 spiro atoms. The number of hydrogen-bond donors (Lipinski definition) is 1. The summed E-state index contributed by atoms with van der Waals surface area (Å²) in [5.74, 6) is 2.39. The van der Waals surface area contributed by atoms with Gasteiger partial charge in [0.05, 0.1) is 5.69 Å². The first-order chi connectivity index (χ1) is 10.1.